The Morgan fingerprint density at radius 2 is 2.16 bits per heavy atom. The van der Waals surface area contributed by atoms with Crippen molar-refractivity contribution in [2.24, 2.45) is 11.8 Å². The maximum atomic E-state index is 12.4. The van der Waals surface area contributed by atoms with Crippen molar-refractivity contribution in [1.29, 1.82) is 0 Å². The molecule has 0 aromatic carbocycles. The van der Waals surface area contributed by atoms with Crippen LogP contribution >= 0.6 is 0 Å². The van der Waals surface area contributed by atoms with Gasteiger partial charge in [-0.25, -0.2) is 4.98 Å². The van der Waals surface area contributed by atoms with Crippen molar-refractivity contribution >= 4 is 11.6 Å². The third-order valence-electron chi connectivity index (χ3n) is 4.01. The van der Waals surface area contributed by atoms with Gasteiger partial charge in [-0.3, -0.25) is 4.79 Å². The minimum atomic E-state index is 0.0319. The zero-order valence-electron chi connectivity index (χ0n) is 11.8. The normalized spacial score (nSPS) is 20.4. The van der Waals surface area contributed by atoms with Crippen molar-refractivity contribution in [2.75, 3.05) is 18.8 Å². The van der Waals surface area contributed by atoms with Gasteiger partial charge in [-0.05, 0) is 43.2 Å². The monoisotopic (exact) mass is 261 g/mol. The number of nitrogens with zero attached hydrogens (tertiary/aromatic N) is 2. The Bertz CT molecular complexity index is 428. The van der Waals surface area contributed by atoms with Gasteiger partial charge in [0.15, 0.2) is 0 Å². The largest absolute Gasteiger partial charge is 0.397 e. The summed E-state index contributed by atoms with van der Waals surface area (Å²) >= 11 is 0. The number of hydrogen-bond acceptors (Lipinski definition) is 3. The zero-order valence-corrected chi connectivity index (χ0v) is 11.8. The lowest BCUT2D eigenvalue weighted by molar-refractivity contribution is 0.0753. The molecule has 0 radical (unpaired) electrons. The molecule has 0 saturated carbocycles. The Morgan fingerprint density at radius 1 is 1.37 bits per heavy atom. The summed E-state index contributed by atoms with van der Waals surface area (Å²) in [5.41, 5.74) is 6.68. The van der Waals surface area contributed by atoms with Gasteiger partial charge in [0.25, 0.3) is 5.91 Å². The van der Waals surface area contributed by atoms with Crippen LogP contribution in [0, 0.1) is 11.8 Å². The highest BCUT2D eigenvalue weighted by molar-refractivity contribution is 5.92. The lowest BCUT2D eigenvalue weighted by Gasteiger charge is -2.21. The molecule has 2 rings (SSSR count). The van der Waals surface area contributed by atoms with Crippen molar-refractivity contribution in [1.82, 2.24) is 9.88 Å². The van der Waals surface area contributed by atoms with Crippen LogP contribution in [0.4, 0.5) is 5.69 Å². The van der Waals surface area contributed by atoms with Gasteiger partial charge < -0.3 is 10.6 Å². The van der Waals surface area contributed by atoms with Gasteiger partial charge >= 0.3 is 0 Å². The fourth-order valence-corrected chi connectivity index (χ4v) is 2.69. The standard InChI is InChI=1S/C15H23N3O/c1-11(2)12-4-3-8-18(9-7-12)15(19)14-6-5-13(16)10-17-14/h5-6,10-12H,3-4,7-9,16H2,1-2H3. The lowest BCUT2D eigenvalue weighted by atomic mass is 9.89. The molecule has 0 bridgehead atoms. The molecule has 1 aliphatic heterocycles. The molecule has 1 aliphatic rings. The first-order valence-corrected chi connectivity index (χ1v) is 7.08. The average Bonchev–Trinajstić information content (AvgIpc) is 2.64. The number of carbonyl (C=O) groups excluding carboxylic acids is 1. The summed E-state index contributed by atoms with van der Waals surface area (Å²) in [6.45, 7) is 6.22. The minimum Gasteiger partial charge on any atom is -0.397 e. The number of rotatable bonds is 2. The van der Waals surface area contributed by atoms with Crippen LogP contribution in [-0.2, 0) is 0 Å². The molecule has 2 heterocycles. The number of nitrogen functional groups attached to an aromatic ring is 1. The van der Waals surface area contributed by atoms with E-state index in [4.69, 9.17) is 5.73 Å². The Morgan fingerprint density at radius 3 is 2.79 bits per heavy atom. The van der Waals surface area contributed by atoms with Gasteiger partial charge in [-0.15, -0.1) is 0 Å². The molecule has 1 aromatic rings. The van der Waals surface area contributed by atoms with E-state index in [0.29, 0.717) is 17.3 Å². The van der Waals surface area contributed by atoms with Crippen LogP contribution in [0.3, 0.4) is 0 Å². The Hall–Kier alpha value is -1.58. The summed E-state index contributed by atoms with van der Waals surface area (Å²) in [4.78, 5) is 18.4. The predicted octanol–water partition coefficient (Wildman–Crippen LogP) is 2.56. The minimum absolute atomic E-state index is 0.0319. The van der Waals surface area contributed by atoms with Gasteiger partial charge in [-0.2, -0.15) is 0 Å². The van der Waals surface area contributed by atoms with Crippen molar-refractivity contribution in [3.8, 4) is 0 Å². The Kier molecular flexibility index (Phi) is 4.40. The number of pyridine rings is 1. The molecule has 2 N–H and O–H groups in total. The number of nitrogens with two attached hydrogens (primary N) is 1. The fraction of sp³-hybridized carbons (Fsp3) is 0.600. The fourth-order valence-electron chi connectivity index (χ4n) is 2.69. The number of likely N-dealkylation sites (tertiary alicyclic amines) is 1. The van der Waals surface area contributed by atoms with Crippen molar-refractivity contribution in [3.63, 3.8) is 0 Å². The van der Waals surface area contributed by atoms with Crippen LogP contribution in [0.1, 0.15) is 43.6 Å². The third kappa shape index (κ3) is 3.46. The van der Waals surface area contributed by atoms with E-state index >= 15 is 0 Å². The van der Waals surface area contributed by atoms with E-state index in [-0.39, 0.29) is 5.91 Å². The molecular weight excluding hydrogens is 238 g/mol. The molecule has 1 amide bonds. The molecule has 0 aliphatic carbocycles. The van der Waals surface area contributed by atoms with E-state index in [1.165, 1.54) is 6.42 Å². The summed E-state index contributed by atoms with van der Waals surface area (Å²) in [7, 11) is 0. The van der Waals surface area contributed by atoms with Crippen LogP contribution in [0.15, 0.2) is 18.3 Å². The summed E-state index contributed by atoms with van der Waals surface area (Å²) < 4.78 is 0. The molecule has 0 spiro atoms. The summed E-state index contributed by atoms with van der Waals surface area (Å²) in [5.74, 6) is 1.46. The molecule has 4 heteroatoms. The maximum absolute atomic E-state index is 12.4. The molecule has 104 valence electrons. The lowest BCUT2D eigenvalue weighted by Crippen LogP contribution is -2.32. The van der Waals surface area contributed by atoms with Gasteiger partial charge in [0, 0.05) is 13.1 Å². The Labute approximate surface area is 115 Å². The first-order chi connectivity index (χ1) is 9.08. The number of hydrogen-bond donors (Lipinski definition) is 1. The van der Waals surface area contributed by atoms with E-state index in [0.717, 1.165) is 31.8 Å². The molecule has 1 unspecified atom stereocenters. The zero-order chi connectivity index (χ0) is 13.8. The quantitative estimate of drug-likeness (QED) is 0.890. The van der Waals surface area contributed by atoms with E-state index in [1.54, 1.807) is 18.3 Å². The van der Waals surface area contributed by atoms with Crippen molar-refractivity contribution < 1.29 is 4.79 Å². The van der Waals surface area contributed by atoms with Gasteiger partial charge in [0.1, 0.15) is 5.69 Å². The Balaban J connectivity index is 2.02. The topological polar surface area (TPSA) is 59.2 Å². The van der Waals surface area contributed by atoms with Crippen LogP contribution in [0.25, 0.3) is 0 Å². The maximum Gasteiger partial charge on any atom is 0.272 e. The van der Waals surface area contributed by atoms with Crippen molar-refractivity contribution in [2.45, 2.75) is 33.1 Å². The molecule has 19 heavy (non-hydrogen) atoms. The van der Waals surface area contributed by atoms with Gasteiger partial charge in [0.05, 0.1) is 11.9 Å². The molecule has 4 nitrogen and oxygen atoms in total. The molecular formula is C15H23N3O. The highest BCUT2D eigenvalue weighted by atomic mass is 16.2. The van der Waals surface area contributed by atoms with E-state index < -0.39 is 0 Å². The predicted molar refractivity (Wildman–Crippen MR) is 76.7 cm³/mol. The average molecular weight is 261 g/mol. The molecule has 1 atom stereocenters. The first-order valence-electron chi connectivity index (χ1n) is 7.08. The second kappa shape index (κ2) is 6.04. The van der Waals surface area contributed by atoms with Gasteiger partial charge in [0.2, 0.25) is 0 Å². The van der Waals surface area contributed by atoms with E-state index in [2.05, 4.69) is 18.8 Å². The summed E-state index contributed by atoms with van der Waals surface area (Å²) in [6, 6.07) is 3.44. The van der Waals surface area contributed by atoms with E-state index in [9.17, 15) is 4.79 Å². The van der Waals surface area contributed by atoms with Crippen molar-refractivity contribution in [3.05, 3.63) is 24.0 Å². The molecule has 1 fully saturated rings. The van der Waals surface area contributed by atoms with Crippen LogP contribution in [0.5, 0.6) is 0 Å². The highest BCUT2D eigenvalue weighted by Crippen LogP contribution is 2.25. The van der Waals surface area contributed by atoms with Crippen LogP contribution in [0.2, 0.25) is 0 Å². The number of aromatic nitrogens is 1. The second-order valence-electron chi connectivity index (χ2n) is 5.70. The third-order valence-corrected chi connectivity index (χ3v) is 4.01. The van der Waals surface area contributed by atoms with Crippen LogP contribution in [-0.4, -0.2) is 28.9 Å². The second-order valence-corrected chi connectivity index (χ2v) is 5.70. The number of carbonyl (C=O) groups is 1. The summed E-state index contributed by atoms with van der Waals surface area (Å²) in [5, 5.41) is 0. The smallest absolute Gasteiger partial charge is 0.272 e. The highest BCUT2D eigenvalue weighted by Gasteiger charge is 2.23. The number of amides is 1. The van der Waals surface area contributed by atoms with Gasteiger partial charge in [-0.1, -0.05) is 13.8 Å². The number of anilines is 1. The molecule has 1 aromatic heterocycles. The molecule has 1 saturated heterocycles. The SMILES string of the molecule is CC(C)C1CCCN(C(=O)c2ccc(N)cn2)CC1. The summed E-state index contributed by atoms with van der Waals surface area (Å²) in [6.07, 6.45) is 4.94. The van der Waals surface area contributed by atoms with Crippen LogP contribution < -0.4 is 5.73 Å². The van der Waals surface area contributed by atoms with E-state index in [1.807, 2.05) is 4.90 Å². The first kappa shape index (κ1) is 13.8.